The number of rotatable bonds is 14. The predicted molar refractivity (Wildman–Crippen MR) is 168 cm³/mol. The van der Waals surface area contributed by atoms with Crippen LogP contribution in [-0.4, -0.2) is 56.2 Å². The smallest absolute Gasteiger partial charge is 0.220 e. The molecule has 1 fully saturated rings. The van der Waals surface area contributed by atoms with Gasteiger partial charge < -0.3 is 30.7 Å². The second-order valence-corrected chi connectivity index (χ2v) is 13.5. The predicted octanol–water partition coefficient (Wildman–Crippen LogP) is 5.69. The quantitative estimate of drug-likeness (QED) is 0.0993. The number of H-pyrrole nitrogens is 1. The van der Waals surface area contributed by atoms with Gasteiger partial charge in [0.2, 0.25) is 5.91 Å². The molecular weight excluding hydrogens is 604 g/mol. The Hall–Kier alpha value is -2.43. The number of aromatic hydroxyl groups is 1. The fourth-order valence-electron chi connectivity index (χ4n) is 5.55. The van der Waals surface area contributed by atoms with Gasteiger partial charge in [-0.05, 0) is 103 Å². The lowest BCUT2D eigenvalue weighted by Crippen LogP contribution is -2.25. The summed E-state index contributed by atoms with van der Waals surface area (Å²) in [6.45, 7) is 2.59. The van der Waals surface area contributed by atoms with Crippen molar-refractivity contribution >= 4 is 44.1 Å². The fourth-order valence-corrected chi connectivity index (χ4v) is 7.19. The van der Waals surface area contributed by atoms with E-state index in [0.717, 1.165) is 39.5 Å². The first-order valence-electron chi connectivity index (χ1n) is 14.4. The number of carbonyl (C=O) groups is 1. The molecule has 4 rings (SSSR count). The molecule has 2 heterocycles. The molecule has 2 aromatic heterocycles. The Morgan fingerprint density at radius 3 is 2.83 bits per heavy atom. The number of hydrogen-bond donors (Lipinski definition) is 6. The van der Waals surface area contributed by atoms with Crippen molar-refractivity contribution in [1.29, 1.82) is 0 Å². The summed E-state index contributed by atoms with van der Waals surface area (Å²) in [5, 5.41) is 45.1. The van der Waals surface area contributed by atoms with Gasteiger partial charge in [-0.3, -0.25) is 4.79 Å². The summed E-state index contributed by atoms with van der Waals surface area (Å²) >= 11 is 5.23. The lowest BCUT2D eigenvalue weighted by molar-refractivity contribution is -0.121. The Bertz CT molecular complexity index is 1330. The molecule has 1 amide bonds. The molecular formula is C32H41BrN2O5S. The number of hydrogen-bond acceptors (Lipinski definition) is 6. The van der Waals surface area contributed by atoms with Crippen LogP contribution in [0.1, 0.15) is 54.5 Å². The van der Waals surface area contributed by atoms with E-state index in [2.05, 4.69) is 39.2 Å². The number of aromatic nitrogens is 1. The van der Waals surface area contributed by atoms with Crippen LogP contribution in [0, 0.1) is 18.8 Å². The standard InChI is InChI=1S/C32H41BrN2O5S/c1-20-16-24(41-32(20)33)11-8-22(36)9-12-26-25(29(38)18-30(26)39)6-4-2-3-5-7-31(40)34-15-14-21-19-35-28-13-10-23(37)17-27(21)28/h2,4,9-10,12-13,16-17,19,22,25-26,29-30,35-39H,3,5-8,11,14-15,18H2,1H3,(H,34,40)/b4-2-,12-9+/t22-,25+,26+,29-,30+/m0/s1. The van der Waals surface area contributed by atoms with Crippen LogP contribution < -0.4 is 5.32 Å². The van der Waals surface area contributed by atoms with Crippen LogP contribution in [0.4, 0.5) is 0 Å². The van der Waals surface area contributed by atoms with Crippen molar-refractivity contribution in [1.82, 2.24) is 10.3 Å². The molecule has 1 saturated carbocycles. The van der Waals surface area contributed by atoms with E-state index in [1.807, 2.05) is 30.5 Å². The highest BCUT2D eigenvalue weighted by molar-refractivity contribution is 9.11. The van der Waals surface area contributed by atoms with Crippen molar-refractivity contribution < 1.29 is 25.2 Å². The molecule has 1 aliphatic rings. The second-order valence-electron chi connectivity index (χ2n) is 11.0. The second kappa shape index (κ2) is 15.2. The highest BCUT2D eigenvalue weighted by Crippen LogP contribution is 2.36. The van der Waals surface area contributed by atoms with Gasteiger partial charge in [-0.2, -0.15) is 0 Å². The molecule has 9 heteroatoms. The summed E-state index contributed by atoms with van der Waals surface area (Å²) in [5.74, 6) is -0.0604. The molecule has 1 aliphatic carbocycles. The highest BCUT2D eigenvalue weighted by atomic mass is 79.9. The van der Waals surface area contributed by atoms with Gasteiger partial charge in [0.15, 0.2) is 0 Å². The molecule has 0 radical (unpaired) electrons. The molecule has 6 N–H and O–H groups in total. The van der Waals surface area contributed by atoms with E-state index >= 15 is 0 Å². The van der Waals surface area contributed by atoms with Crippen molar-refractivity contribution in [2.24, 2.45) is 11.8 Å². The first-order chi connectivity index (χ1) is 19.7. The van der Waals surface area contributed by atoms with Gasteiger partial charge in [0, 0.05) is 47.3 Å². The van der Waals surface area contributed by atoms with Gasteiger partial charge in [0.1, 0.15) is 5.75 Å². The zero-order valence-corrected chi connectivity index (χ0v) is 25.8. The topological polar surface area (TPSA) is 126 Å². The maximum absolute atomic E-state index is 12.2. The van der Waals surface area contributed by atoms with Crippen LogP contribution >= 0.6 is 27.3 Å². The minimum absolute atomic E-state index is 0.0148. The number of aromatic amines is 1. The summed E-state index contributed by atoms with van der Waals surface area (Å²) in [7, 11) is 0. The highest BCUT2D eigenvalue weighted by Gasteiger charge is 2.39. The molecule has 0 aliphatic heterocycles. The molecule has 41 heavy (non-hydrogen) atoms. The number of phenolic OH excluding ortho intramolecular Hbond substituents is 1. The molecule has 0 unspecified atom stereocenters. The van der Waals surface area contributed by atoms with Crippen molar-refractivity contribution in [3.05, 3.63) is 74.6 Å². The van der Waals surface area contributed by atoms with Crippen LogP contribution in [0.25, 0.3) is 10.9 Å². The minimum atomic E-state index is -0.624. The average Bonchev–Trinajstić information content (AvgIpc) is 3.57. The Kier molecular flexibility index (Phi) is 11.6. The van der Waals surface area contributed by atoms with E-state index in [9.17, 15) is 25.2 Å². The van der Waals surface area contributed by atoms with Gasteiger partial charge in [-0.25, -0.2) is 0 Å². The summed E-state index contributed by atoms with van der Waals surface area (Å²) in [5.41, 5.74) is 3.23. The third-order valence-corrected chi connectivity index (χ3v) is 10.1. The van der Waals surface area contributed by atoms with E-state index in [1.165, 1.54) is 10.4 Å². The number of nitrogens with one attached hydrogen (secondary N) is 2. The Labute approximate surface area is 254 Å². The zero-order chi connectivity index (χ0) is 29.4. The maximum atomic E-state index is 12.2. The fraction of sp³-hybridized carbons (Fsp3) is 0.469. The Morgan fingerprint density at radius 2 is 2.05 bits per heavy atom. The van der Waals surface area contributed by atoms with Crippen LogP contribution in [0.2, 0.25) is 0 Å². The van der Waals surface area contributed by atoms with Gasteiger partial charge in [-0.15, -0.1) is 11.3 Å². The van der Waals surface area contributed by atoms with E-state index in [-0.39, 0.29) is 23.5 Å². The molecule has 1 aromatic carbocycles. The number of allylic oxidation sites excluding steroid dienone is 2. The normalized spacial score (nSPS) is 21.9. The van der Waals surface area contributed by atoms with E-state index < -0.39 is 18.3 Å². The number of aliphatic hydroxyl groups is 3. The molecule has 0 spiro atoms. The van der Waals surface area contributed by atoms with Crippen molar-refractivity contribution in [3.8, 4) is 5.75 Å². The van der Waals surface area contributed by atoms with Gasteiger partial charge in [0.05, 0.1) is 22.1 Å². The van der Waals surface area contributed by atoms with Crippen LogP contribution in [-0.2, 0) is 17.6 Å². The number of carbonyl (C=O) groups excluding carboxylic acids is 1. The molecule has 222 valence electrons. The Morgan fingerprint density at radius 1 is 1.22 bits per heavy atom. The largest absolute Gasteiger partial charge is 0.508 e. The summed E-state index contributed by atoms with van der Waals surface area (Å²) in [6, 6.07) is 7.35. The third-order valence-electron chi connectivity index (χ3n) is 7.88. The van der Waals surface area contributed by atoms with E-state index in [4.69, 9.17) is 0 Å². The van der Waals surface area contributed by atoms with Crippen molar-refractivity contribution in [2.75, 3.05) is 6.54 Å². The Balaban J connectivity index is 1.14. The van der Waals surface area contributed by atoms with Gasteiger partial charge in [-0.1, -0.05) is 24.3 Å². The first kappa shape index (κ1) is 31.5. The van der Waals surface area contributed by atoms with Crippen molar-refractivity contribution in [2.45, 2.75) is 76.6 Å². The minimum Gasteiger partial charge on any atom is -0.508 e. The number of aliphatic hydroxyl groups excluding tert-OH is 3. The number of amides is 1. The first-order valence-corrected chi connectivity index (χ1v) is 16.0. The van der Waals surface area contributed by atoms with E-state index in [0.29, 0.717) is 38.6 Å². The number of thiophene rings is 1. The average molecular weight is 646 g/mol. The lowest BCUT2D eigenvalue weighted by atomic mass is 9.89. The summed E-state index contributed by atoms with van der Waals surface area (Å²) in [6.07, 6.45) is 12.8. The molecule has 0 bridgehead atoms. The maximum Gasteiger partial charge on any atom is 0.220 e. The summed E-state index contributed by atoms with van der Waals surface area (Å²) in [4.78, 5) is 16.7. The SMILES string of the molecule is Cc1cc(CC[C@H](O)/C=C/[C@@H]2[C@@H](C/C=C\CCCC(=O)NCCc3c[nH]c4ccc(O)cc34)[C@@H](O)C[C@H]2O)sc1Br. The summed E-state index contributed by atoms with van der Waals surface area (Å²) < 4.78 is 1.13. The number of halogens is 1. The molecule has 5 atom stereocenters. The lowest BCUT2D eigenvalue weighted by Gasteiger charge is -2.19. The third kappa shape index (κ3) is 9.03. The van der Waals surface area contributed by atoms with Crippen LogP contribution in [0.3, 0.4) is 0 Å². The van der Waals surface area contributed by atoms with Crippen LogP contribution in [0.5, 0.6) is 5.75 Å². The van der Waals surface area contributed by atoms with Crippen LogP contribution in [0.15, 0.2) is 58.6 Å². The monoisotopic (exact) mass is 644 g/mol. The molecule has 3 aromatic rings. The van der Waals surface area contributed by atoms with Gasteiger partial charge >= 0.3 is 0 Å². The number of fused-ring (bicyclic) bond motifs is 1. The van der Waals surface area contributed by atoms with Gasteiger partial charge in [0.25, 0.3) is 0 Å². The number of unbranched alkanes of at least 4 members (excludes halogenated alkanes) is 1. The molecule has 7 nitrogen and oxygen atoms in total. The number of aryl methyl sites for hydroxylation is 2. The number of phenols is 1. The van der Waals surface area contributed by atoms with E-state index in [1.54, 1.807) is 29.5 Å². The zero-order valence-electron chi connectivity index (χ0n) is 23.4. The van der Waals surface area contributed by atoms with Crippen molar-refractivity contribution in [3.63, 3.8) is 0 Å². The molecule has 0 saturated heterocycles. The number of benzene rings is 1.